The van der Waals surface area contributed by atoms with E-state index in [0.717, 1.165) is 5.56 Å². The van der Waals surface area contributed by atoms with Crippen LogP contribution in [0, 0.1) is 0 Å². The minimum Gasteiger partial charge on any atom is -0.508 e. The summed E-state index contributed by atoms with van der Waals surface area (Å²) in [5.41, 5.74) is 1.97. The highest BCUT2D eigenvalue weighted by atomic mass is 16.7. The van der Waals surface area contributed by atoms with Gasteiger partial charge in [0.25, 0.3) is 0 Å². The Morgan fingerprint density at radius 2 is 1.10 bits per heavy atom. The summed E-state index contributed by atoms with van der Waals surface area (Å²) in [7, 11) is 5.64. The van der Waals surface area contributed by atoms with E-state index in [2.05, 4.69) is 0 Å². The van der Waals surface area contributed by atoms with Crippen molar-refractivity contribution < 1.29 is 38.7 Å². The van der Waals surface area contributed by atoms with E-state index in [9.17, 15) is 9.59 Å². The van der Waals surface area contributed by atoms with Crippen molar-refractivity contribution in [2.75, 3.05) is 35.0 Å². The van der Waals surface area contributed by atoms with Crippen LogP contribution in [0.25, 0.3) is 0 Å². The highest BCUT2D eigenvalue weighted by Crippen LogP contribution is 2.12. The highest BCUT2D eigenvalue weighted by molar-refractivity contribution is 5.99. The fourth-order valence-corrected chi connectivity index (χ4v) is 2.48. The first-order chi connectivity index (χ1) is 14.4. The van der Waals surface area contributed by atoms with E-state index in [-0.39, 0.29) is 23.9 Å². The van der Waals surface area contributed by atoms with Crippen LogP contribution in [0.1, 0.15) is 26.3 Å². The van der Waals surface area contributed by atoms with Crippen molar-refractivity contribution in [3.63, 3.8) is 0 Å². The van der Waals surface area contributed by atoms with Gasteiger partial charge in [-0.1, -0.05) is 24.3 Å². The van der Waals surface area contributed by atoms with Crippen molar-refractivity contribution >= 4 is 11.6 Å². The number of aliphatic hydroxyl groups is 1. The van der Waals surface area contributed by atoms with Gasteiger partial charge in [-0.25, -0.2) is 0 Å². The Bertz CT molecular complexity index is 763. The first-order valence-electron chi connectivity index (χ1n) is 9.10. The van der Waals surface area contributed by atoms with Gasteiger partial charge in [-0.3, -0.25) is 9.59 Å². The van der Waals surface area contributed by atoms with Crippen LogP contribution in [0.3, 0.4) is 0 Å². The Hall–Kier alpha value is -2.62. The van der Waals surface area contributed by atoms with Gasteiger partial charge in [0.15, 0.2) is 0 Å². The molecule has 0 saturated carbocycles. The lowest BCUT2D eigenvalue weighted by Gasteiger charge is -2.11. The third kappa shape index (κ3) is 7.66. The number of aliphatic hydroxyl groups excluding tert-OH is 1. The Kier molecular flexibility index (Phi) is 11.5. The number of carbonyl (C=O) groups excluding carboxylic acids is 2. The SMILES string of the molecule is COC(OC)C(=O)c1ccc(CCO)cc1.COC(OC)C(=O)c1ccc(O)cc1. The largest absolute Gasteiger partial charge is 0.508 e. The van der Waals surface area contributed by atoms with Crippen molar-refractivity contribution in [1.82, 2.24) is 0 Å². The summed E-state index contributed by atoms with van der Waals surface area (Å²) < 4.78 is 19.4. The molecule has 0 spiro atoms. The Balaban J connectivity index is 0.000000303. The third-order valence-corrected chi connectivity index (χ3v) is 4.08. The molecule has 0 aromatic heterocycles. The molecular formula is C22H28O8. The minimum absolute atomic E-state index is 0.103. The van der Waals surface area contributed by atoms with E-state index >= 15 is 0 Å². The summed E-state index contributed by atoms with van der Waals surface area (Å²) in [5, 5.41) is 17.8. The van der Waals surface area contributed by atoms with Crippen molar-refractivity contribution in [3.8, 4) is 5.75 Å². The third-order valence-electron chi connectivity index (χ3n) is 4.08. The van der Waals surface area contributed by atoms with Crippen molar-refractivity contribution in [3.05, 3.63) is 65.2 Å². The molecule has 0 heterocycles. The molecule has 0 fully saturated rings. The second-order valence-electron chi connectivity index (χ2n) is 6.05. The number of ketones is 2. The lowest BCUT2D eigenvalue weighted by Crippen LogP contribution is -2.24. The average molecular weight is 420 g/mol. The number of methoxy groups -OCH3 is 4. The van der Waals surface area contributed by atoms with E-state index in [1.54, 1.807) is 12.1 Å². The van der Waals surface area contributed by atoms with Crippen LogP contribution in [0.15, 0.2) is 48.5 Å². The maximum absolute atomic E-state index is 11.8. The predicted molar refractivity (Wildman–Crippen MR) is 110 cm³/mol. The standard InChI is InChI=1S/C12H16O4.C10H12O4/c1-15-12(16-2)11(14)10-5-3-9(4-6-10)7-8-13;1-13-10(14-2)9(12)7-3-5-8(11)6-4-7/h3-6,12-13H,7-8H2,1-2H3;3-6,10-11H,1-2H3. The monoisotopic (exact) mass is 420 g/mol. The molecular weight excluding hydrogens is 392 g/mol. The molecule has 0 radical (unpaired) electrons. The summed E-state index contributed by atoms with van der Waals surface area (Å²) in [4.78, 5) is 23.4. The molecule has 0 amide bonds. The number of phenols is 1. The number of hydrogen-bond acceptors (Lipinski definition) is 8. The van der Waals surface area contributed by atoms with Gasteiger partial charge >= 0.3 is 0 Å². The molecule has 8 heteroatoms. The van der Waals surface area contributed by atoms with Crippen LogP contribution in [0.5, 0.6) is 5.75 Å². The Morgan fingerprint density at radius 1 is 0.733 bits per heavy atom. The normalized spacial score (nSPS) is 10.6. The van der Waals surface area contributed by atoms with E-state index in [0.29, 0.717) is 17.5 Å². The quantitative estimate of drug-likeness (QED) is 0.445. The molecule has 0 aliphatic heterocycles. The second-order valence-corrected chi connectivity index (χ2v) is 6.05. The zero-order chi connectivity index (χ0) is 22.5. The minimum atomic E-state index is -0.889. The van der Waals surface area contributed by atoms with Gasteiger partial charge < -0.3 is 29.2 Å². The van der Waals surface area contributed by atoms with E-state index < -0.39 is 12.6 Å². The van der Waals surface area contributed by atoms with Gasteiger partial charge in [0.2, 0.25) is 24.1 Å². The van der Waals surface area contributed by atoms with Gasteiger partial charge in [-0.05, 0) is 36.2 Å². The van der Waals surface area contributed by atoms with E-state index in [4.69, 9.17) is 29.2 Å². The fourth-order valence-electron chi connectivity index (χ4n) is 2.48. The summed E-state index contributed by atoms with van der Waals surface area (Å²) in [6, 6.07) is 12.9. The number of phenolic OH excluding ortho intramolecular Hbond substituents is 1. The van der Waals surface area contributed by atoms with Crippen LogP contribution in [-0.4, -0.2) is 69.4 Å². The van der Waals surface area contributed by atoms with Gasteiger partial charge in [0.1, 0.15) is 5.75 Å². The predicted octanol–water partition coefficient (Wildman–Crippen LogP) is 2.22. The lowest BCUT2D eigenvalue weighted by atomic mass is 10.1. The van der Waals surface area contributed by atoms with Crippen LogP contribution in [0.4, 0.5) is 0 Å². The molecule has 2 aromatic rings. The van der Waals surface area contributed by atoms with Crippen molar-refractivity contribution in [2.24, 2.45) is 0 Å². The first kappa shape index (κ1) is 25.4. The number of rotatable bonds is 10. The topological polar surface area (TPSA) is 112 Å². The zero-order valence-electron chi connectivity index (χ0n) is 17.5. The molecule has 0 unspecified atom stereocenters. The maximum Gasteiger partial charge on any atom is 0.222 e. The molecule has 2 aromatic carbocycles. The molecule has 164 valence electrons. The molecule has 30 heavy (non-hydrogen) atoms. The number of hydrogen-bond donors (Lipinski definition) is 2. The number of benzene rings is 2. The Morgan fingerprint density at radius 3 is 1.43 bits per heavy atom. The van der Waals surface area contributed by atoms with Crippen molar-refractivity contribution in [1.29, 1.82) is 0 Å². The van der Waals surface area contributed by atoms with E-state index in [1.165, 1.54) is 52.7 Å². The summed E-state index contributed by atoms with van der Waals surface area (Å²) >= 11 is 0. The number of aromatic hydroxyl groups is 1. The van der Waals surface area contributed by atoms with Gasteiger partial charge in [0, 0.05) is 46.2 Å². The van der Waals surface area contributed by atoms with Crippen molar-refractivity contribution in [2.45, 2.75) is 19.0 Å². The van der Waals surface area contributed by atoms with Crippen LogP contribution < -0.4 is 0 Å². The smallest absolute Gasteiger partial charge is 0.222 e. The van der Waals surface area contributed by atoms with Crippen LogP contribution in [0.2, 0.25) is 0 Å². The average Bonchev–Trinajstić information content (AvgIpc) is 2.77. The number of Topliss-reactive ketones (excluding diaryl/α,β-unsaturated/α-hetero) is 2. The maximum atomic E-state index is 11.8. The zero-order valence-corrected chi connectivity index (χ0v) is 17.5. The van der Waals surface area contributed by atoms with Crippen LogP contribution >= 0.6 is 0 Å². The first-order valence-corrected chi connectivity index (χ1v) is 9.10. The molecule has 2 rings (SSSR count). The number of carbonyl (C=O) groups is 2. The molecule has 0 aliphatic rings. The molecule has 0 bridgehead atoms. The molecule has 0 aliphatic carbocycles. The second kappa shape index (κ2) is 13.6. The fraction of sp³-hybridized carbons (Fsp3) is 0.364. The van der Waals surface area contributed by atoms with Crippen LogP contribution in [-0.2, 0) is 25.4 Å². The molecule has 0 atom stereocenters. The van der Waals surface area contributed by atoms with Gasteiger partial charge in [0.05, 0.1) is 0 Å². The van der Waals surface area contributed by atoms with Gasteiger partial charge in [-0.2, -0.15) is 0 Å². The van der Waals surface area contributed by atoms with E-state index in [1.807, 2.05) is 12.1 Å². The molecule has 8 nitrogen and oxygen atoms in total. The summed E-state index contributed by atoms with van der Waals surface area (Å²) in [5.74, 6) is -0.358. The summed E-state index contributed by atoms with van der Waals surface area (Å²) in [6.07, 6.45) is -1.16. The van der Waals surface area contributed by atoms with Gasteiger partial charge in [-0.15, -0.1) is 0 Å². The molecule has 0 saturated heterocycles. The Labute approximate surface area is 176 Å². The summed E-state index contributed by atoms with van der Waals surface area (Å²) in [6.45, 7) is 0.103. The highest BCUT2D eigenvalue weighted by Gasteiger charge is 2.19. The lowest BCUT2D eigenvalue weighted by molar-refractivity contribution is -0.0742. The number of ether oxygens (including phenoxy) is 4. The molecule has 2 N–H and O–H groups in total.